The van der Waals surface area contributed by atoms with E-state index in [4.69, 9.17) is 11.6 Å². The molecule has 1 N–H and O–H groups in total. The quantitative estimate of drug-likeness (QED) is 0.484. The van der Waals surface area contributed by atoms with E-state index in [9.17, 15) is 19.2 Å². The van der Waals surface area contributed by atoms with Gasteiger partial charge in [0.05, 0.1) is 5.39 Å². The molecule has 1 fully saturated rings. The molecule has 0 saturated carbocycles. The molecule has 1 unspecified atom stereocenters. The molecule has 31 heavy (non-hydrogen) atoms. The Bertz CT molecular complexity index is 1280. The zero-order valence-electron chi connectivity index (χ0n) is 16.7. The van der Waals surface area contributed by atoms with E-state index in [-0.39, 0.29) is 31.0 Å². The maximum Gasteiger partial charge on any atom is 0.278 e. The maximum atomic E-state index is 12.8. The fourth-order valence-corrected chi connectivity index (χ4v) is 3.73. The van der Waals surface area contributed by atoms with Crippen molar-refractivity contribution in [2.75, 3.05) is 0 Å². The number of amides is 2. The monoisotopic (exact) mass is 438 g/mol. The minimum absolute atomic E-state index is 0.0265. The Morgan fingerprint density at radius 1 is 1.19 bits per heavy atom. The molecule has 9 heteroatoms. The molecule has 1 aromatic heterocycles. The molecule has 3 aromatic rings. The zero-order chi connectivity index (χ0) is 22.1. The van der Waals surface area contributed by atoms with Gasteiger partial charge < -0.3 is 0 Å². The van der Waals surface area contributed by atoms with Crippen LogP contribution in [0.3, 0.4) is 0 Å². The van der Waals surface area contributed by atoms with E-state index in [1.54, 1.807) is 30.3 Å². The van der Waals surface area contributed by atoms with Crippen molar-refractivity contribution in [1.82, 2.24) is 20.3 Å². The highest BCUT2D eigenvalue weighted by molar-refractivity contribution is 6.31. The van der Waals surface area contributed by atoms with Crippen LogP contribution in [0.1, 0.15) is 46.8 Å². The first-order valence-electron chi connectivity index (χ1n) is 9.84. The lowest BCUT2D eigenvalue weighted by Gasteiger charge is -2.21. The van der Waals surface area contributed by atoms with Gasteiger partial charge in [0.2, 0.25) is 5.91 Å². The Labute approximate surface area is 182 Å². The van der Waals surface area contributed by atoms with E-state index >= 15 is 0 Å². The molecule has 8 nitrogen and oxygen atoms in total. The molecule has 1 saturated heterocycles. The summed E-state index contributed by atoms with van der Waals surface area (Å²) < 4.78 is 1.02. The zero-order valence-corrected chi connectivity index (χ0v) is 17.5. The molecule has 4 rings (SSSR count). The number of ketones is 1. The third-order valence-corrected chi connectivity index (χ3v) is 5.80. The van der Waals surface area contributed by atoms with Crippen molar-refractivity contribution >= 4 is 40.1 Å². The molecular formula is C22H19ClN4O4. The summed E-state index contributed by atoms with van der Waals surface area (Å²) >= 11 is 6.10. The van der Waals surface area contributed by atoms with E-state index in [1.165, 1.54) is 0 Å². The second kappa shape index (κ2) is 8.39. The van der Waals surface area contributed by atoms with Crippen LogP contribution < -0.4 is 10.9 Å². The highest BCUT2D eigenvalue weighted by Crippen LogP contribution is 2.20. The summed E-state index contributed by atoms with van der Waals surface area (Å²) in [5, 5.41) is 11.1. The SMILES string of the molecule is Cc1ccc(C(=O)CCc2ccc3c(=O)n(C4CCC(=O)NC4=O)nnc3c2)cc1Cl. The Morgan fingerprint density at radius 2 is 2.00 bits per heavy atom. The van der Waals surface area contributed by atoms with Gasteiger partial charge in [-0.2, -0.15) is 4.68 Å². The summed E-state index contributed by atoms with van der Waals surface area (Å²) in [7, 11) is 0. The number of fused-ring (bicyclic) bond motifs is 1. The fourth-order valence-electron chi connectivity index (χ4n) is 3.54. The summed E-state index contributed by atoms with van der Waals surface area (Å²) in [6.07, 6.45) is 1.10. The number of imide groups is 1. The lowest BCUT2D eigenvalue weighted by atomic mass is 10.0. The Kier molecular flexibility index (Phi) is 5.65. The number of aryl methyl sites for hydroxylation is 2. The first-order chi connectivity index (χ1) is 14.8. The predicted molar refractivity (Wildman–Crippen MR) is 114 cm³/mol. The molecule has 1 aliphatic heterocycles. The maximum absolute atomic E-state index is 12.8. The van der Waals surface area contributed by atoms with Crippen molar-refractivity contribution in [3.8, 4) is 0 Å². The summed E-state index contributed by atoms with van der Waals surface area (Å²) in [5.74, 6) is -0.949. The molecule has 1 atom stereocenters. The highest BCUT2D eigenvalue weighted by Gasteiger charge is 2.30. The predicted octanol–water partition coefficient (Wildman–Crippen LogP) is 2.55. The number of Topliss-reactive ketones (excluding diaryl/α,β-unsaturated/α-hetero) is 1. The van der Waals surface area contributed by atoms with Crippen LogP contribution in [0.5, 0.6) is 0 Å². The number of carbonyl (C=O) groups is 3. The molecule has 158 valence electrons. The van der Waals surface area contributed by atoms with E-state index in [0.717, 1.165) is 15.8 Å². The first kappa shape index (κ1) is 20.9. The third-order valence-electron chi connectivity index (χ3n) is 5.39. The van der Waals surface area contributed by atoms with Crippen molar-refractivity contribution < 1.29 is 14.4 Å². The second-order valence-corrected chi connectivity index (χ2v) is 7.95. The summed E-state index contributed by atoms with van der Waals surface area (Å²) in [6.45, 7) is 1.88. The standard InChI is InChI=1S/C22H19ClN4O4/c1-12-2-5-14(11-16(12)23)19(28)8-4-13-3-6-15-17(10-13)25-26-27(22(15)31)18-7-9-20(29)24-21(18)30/h2-3,5-6,10-11,18H,4,7-9H2,1H3,(H,24,29,30). The molecule has 2 heterocycles. The van der Waals surface area contributed by atoms with Crippen LogP contribution >= 0.6 is 11.6 Å². The number of piperidine rings is 1. The number of carbonyl (C=O) groups excluding carboxylic acids is 3. The van der Waals surface area contributed by atoms with Gasteiger partial charge in [-0.3, -0.25) is 24.5 Å². The summed E-state index contributed by atoms with van der Waals surface area (Å²) in [5.41, 5.74) is 2.25. The van der Waals surface area contributed by atoms with Crippen molar-refractivity contribution in [3.05, 3.63) is 68.5 Å². The van der Waals surface area contributed by atoms with Gasteiger partial charge in [0.1, 0.15) is 11.6 Å². The van der Waals surface area contributed by atoms with Crippen LogP contribution in [0.25, 0.3) is 10.9 Å². The normalized spacial score (nSPS) is 16.4. The molecular weight excluding hydrogens is 420 g/mol. The summed E-state index contributed by atoms with van der Waals surface area (Å²) in [6, 6.07) is 9.48. The number of aromatic nitrogens is 3. The summed E-state index contributed by atoms with van der Waals surface area (Å²) in [4.78, 5) is 48.7. The number of hydrogen-bond donors (Lipinski definition) is 1. The largest absolute Gasteiger partial charge is 0.295 e. The number of benzene rings is 2. The number of nitrogens with one attached hydrogen (secondary N) is 1. The van der Waals surface area contributed by atoms with Crippen molar-refractivity contribution in [1.29, 1.82) is 0 Å². The number of hydrogen-bond acceptors (Lipinski definition) is 6. The van der Waals surface area contributed by atoms with Gasteiger partial charge in [-0.25, -0.2) is 0 Å². The van der Waals surface area contributed by atoms with E-state index in [2.05, 4.69) is 15.6 Å². The lowest BCUT2D eigenvalue weighted by molar-refractivity contribution is -0.136. The topological polar surface area (TPSA) is 111 Å². The Morgan fingerprint density at radius 3 is 2.74 bits per heavy atom. The molecule has 2 amide bonds. The molecule has 0 spiro atoms. The van der Waals surface area contributed by atoms with Crippen molar-refractivity contribution in [2.24, 2.45) is 0 Å². The van der Waals surface area contributed by atoms with Gasteiger partial charge in [-0.05, 0) is 49.1 Å². The molecule has 0 bridgehead atoms. The molecule has 0 radical (unpaired) electrons. The van der Waals surface area contributed by atoms with Gasteiger partial charge >= 0.3 is 0 Å². The van der Waals surface area contributed by atoms with Gasteiger partial charge in [-0.15, -0.1) is 5.10 Å². The van der Waals surface area contributed by atoms with Crippen LogP contribution in [0, 0.1) is 6.92 Å². The van der Waals surface area contributed by atoms with Crippen LogP contribution in [-0.4, -0.2) is 32.6 Å². The van der Waals surface area contributed by atoms with E-state index in [0.29, 0.717) is 27.9 Å². The molecule has 0 aliphatic carbocycles. The number of halogens is 1. The number of nitrogens with zero attached hydrogens (tertiary/aromatic N) is 3. The Hall–Kier alpha value is -3.39. The minimum Gasteiger partial charge on any atom is -0.295 e. The highest BCUT2D eigenvalue weighted by atomic mass is 35.5. The van der Waals surface area contributed by atoms with Crippen LogP contribution in [-0.2, 0) is 16.0 Å². The molecule has 1 aliphatic rings. The smallest absolute Gasteiger partial charge is 0.278 e. The molecule has 2 aromatic carbocycles. The van der Waals surface area contributed by atoms with Gasteiger partial charge in [0.15, 0.2) is 5.78 Å². The third kappa shape index (κ3) is 4.25. The Balaban J connectivity index is 1.53. The number of rotatable bonds is 5. The van der Waals surface area contributed by atoms with Crippen LogP contribution in [0.4, 0.5) is 0 Å². The van der Waals surface area contributed by atoms with Crippen LogP contribution in [0.2, 0.25) is 5.02 Å². The van der Waals surface area contributed by atoms with Crippen molar-refractivity contribution in [3.63, 3.8) is 0 Å². The van der Waals surface area contributed by atoms with Crippen LogP contribution in [0.15, 0.2) is 41.2 Å². The van der Waals surface area contributed by atoms with Gasteiger partial charge in [0, 0.05) is 23.4 Å². The lowest BCUT2D eigenvalue weighted by Crippen LogP contribution is -2.45. The van der Waals surface area contributed by atoms with E-state index in [1.807, 2.05) is 13.0 Å². The second-order valence-electron chi connectivity index (χ2n) is 7.54. The van der Waals surface area contributed by atoms with Crippen molar-refractivity contribution in [2.45, 2.75) is 38.6 Å². The average Bonchev–Trinajstić information content (AvgIpc) is 2.75. The minimum atomic E-state index is -0.860. The first-order valence-corrected chi connectivity index (χ1v) is 10.2. The van der Waals surface area contributed by atoms with Gasteiger partial charge in [-0.1, -0.05) is 35.0 Å². The fraction of sp³-hybridized carbons (Fsp3) is 0.273. The van der Waals surface area contributed by atoms with Gasteiger partial charge in [0.25, 0.3) is 11.5 Å². The average molecular weight is 439 g/mol. The van der Waals surface area contributed by atoms with E-state index < -0.39 is 17.5 Å².